The van der Waals surface area contributed by atoms with E-state index in [0.29, 0.717) is 11.8 Å². The van der Waals surface area contributed by atoms with Gasteiger partial charge in [-0.3, -0.25) is 0 Å². The maximum atomic E-state index is 5.65. The normalized spacial score (nSPS) is 23.2. The first-order valence-corrected chi connectivity index (χ1v) is 7.90. The Hall–Kier alpha value is -0.450. The summed E-state index contributed by atoms with van der Waals surface area (Å²) in [5.41, 5.74) is 6.97. The summed E-state index contributed by atoms with van der Waals surface area (Å²) in [6.07, 6.45) is 4.85. The van der Waals surface area contributed by atoms with Crippen molar-refractivity contribution < 1.29 is 0 Å². The van der Waals surface area contributed by atoms with Crippen LogP contribution in [0.4, 0.5) is 0 Å². The molecule has 2 unspecified atom stereocenters. The SMILES string of the molecule is CC(CN)CCc1nc(C2CCCN(C)C2)cs1. The van der Waals surface area contributed by atoms with Crippen LogP contribution in [0.15, 0.2) is 5.38 Å². The van der Waals surface area contributed by atoms with Crippen LogP contribution in [0.5, 0.6) is 0 Å². The quantitative estimate of drug-likeness (QED) is 0.891. The summed E-state index contributed by atoms with van der Waals surface area (Å²) in [6, 6.07) is 0. The number of nitrogens with two attached hydrogens (primary N) is 1. The molecule has 2 heterocycles. The first kappa shape index (κ1) is 14.0. The number of nitrogens with zero attached hydrogens (tertiary/aromatic N) is 2. The summed E-state index contributed by atoms with van der Waals surface area (Å²) < 4.78 is 0. The number of rotatable bonds is 5. The van der Waals surface area contributed by atoms with Crippen LogP contribution in [-0.2, 0) is 6.42 Å². The van der Waals surface area contributed by atoms with Gasteiger partial charge in [-0.25, -0.2) is 4.98 Å². The summed E-state index contributed by atoms with van der Waals surface area (Å²) in [4.78, 5) is 7.25. The average molecular weight is 267 g/mol. The lowest BCUT2D eigenvalue weighted by Gasteiger charge is -2.28. The molecule has 0 amide bonds. The van der Waals surface area contributed by atoms with E-state index in [1.807, 2.05) is 11.3 Å². The van der Waals surface area contributed by atoms with Gasteiger partial charge in [-0.05, 0) is 51.7 Å². The third kappa shape index (κ3) is 3.77. The average Bonchev–Trinajstić information content (AvgIpc) is 2.84. The molecule has 102 valence electrons. The van der Waals surface area contributed by atoms with Crippen molar-refractivity contribution in [2.45, 2.75) is 38.5 Å². The van der Waals surface area contributed by atoms with Crippen LogP contribution in [-0.4, -0.2) is 36.6 Å². The molecule has 1 saturated heterocycles. The maximum Gasteiger partial charge on any atom is 0.0928 e. The number of likely N-dealkylation sites (tertiary alicyclic amines) is 1. The summed E-state index contributed by atoms with van der Waals surface area (Å²) >= 11 is 1.83. The minimum atomic E-state index is 0.609. The number of thiazole rings is 1. The standard InChI is InChI=1S/C14H25N3S/c1-11(8-15)5-6-14-16-13(10-18-14)12-4-3-7-17(2)9-12/h10-12H,3-9,15H2,1-2H3. The maximum absolute atomic E-state index is 5.65. The number of aromatic nitrogens is 1. The Morgan fingerprint density at radius 1 is 1.61 bits per heavy atom. The molecular formula is C14H25N3S. The van der Waals surface area contributed by atoms with E-state index in [0.717, 1.165) is 19.4 Å². The van der Waals surface area contributed by atoms with Crippen molar-refractivity contribution in [3.63, 3.8) is 0 Å². The molecule has 3 nitrogen and oxygen atoms in total. The highest BCUT2D eigenvalue weighted by Crippen LogP contribution is 2.27. The number of piperidine rings is 1. The Bertz CT molecular complexity index is 364. The van der Waals surface area contributed by atoms with Gasteiger partial charge in [0.15, 0.2) is 0 Å². The minimum Gasteiger partial charge on any atom is -0.330 e. The molecule has 2 atom stereocenters. The van der Waals surface area contributed by atoms with E-state index in [4.69, 9.17) is 10.7 Å². The lowest BCUT2D eigenvalue weighted by Crippen LogP contribution is -2.30. The molecule has 1 aliphatic rings. The van der Waals surface area contributed by atoms with Gasteiger partial charge in [0.2, 0.25) is 0 Å². The van der Waals surface area contributed by atoms with E-state index in [2.05, 4.69) is 24.3 Å². The molecule has 0 saturated carbocycles. The highest BCUT2D eigenvalue weighted by Gasteiger charge is 2.21. The fourth-order valence-electron chi connectivity index (χ4n) is 2.52. The summed E-state index contributed by atoms with van der Waals surface area (Å²) in [5, 5.41) is 3.56. The Kier molecular flexibility index (Phi) is 5.15. The van der Waals surface area contributed by atoms with E-state index < -0.39 is 0 Å². The second-order valence-electron chi connectivity index (χ2n) is 5.65. The van der Waals surface area contributed by atoms with Crippen molar-refractivity contribution in [2.75, 3.05) is 26.7 Å². The van der Waals surface area contributed by atoms with Gasteiger partial charge in [-0.15, -0.1) is 11.3 Å². The molecule has 0 aromatic carbocycles. The molecule has 18 heavy (non-hydrogen) atoms. The van der Waals surface area contributed by atoms with Gasteiger partial charge in [0.1, 0.15) is 0 Å². The topological polar surface area (TPSA) is 42.1 Å². The predicted octanol–water partition coefficient (Wildman–Crippen LogP) is 2.48. The second-order valence-corrected chi connectivity index (χ2v) is 6.59. The van der Waals surface area contributed by atoms with Crippen LogP contribution in [0.25, 0.3) is 0 Å². The Morgan fingerprint density at radius 2 is 2.44 bits per heavy atom. The molecule has 2 N–H and O–H groups in total. The lowest BCUT2D eigenvalue weighted by atomic mass is 9.96. The zero-order valence-electron chi connectivity index (χ0n) is 11.6. The molecule has 1 aromatic rings. The molecule has 1 aromatic heterocycles. The van der Waals surface area contributed by atoms with Gasteiger partial charge >= 0.3 is 0 Å². The summed E-state index contributed by atoms with van der Waals surface area (Å²) in [7, 11) is 2.21. The highest BCUT2D eigenvalue weighted by atomic mass is 32.1. The molecule has 4 heteroatoms. The highest BCUT2D eigenvalue weighted by molar-refractivity contribution is 7.09. The Labute approximate surface area is 114 Å². The zero-order chi connectivity index (χ0) is 13.0. The predicted molar refractivity (Wildman–Crippen MR) is 78.1 cm³/mol. The molecular weight excluding hydrogens is 242 g/mol. The molecule has 0 aliphatic carbocycles. The largest absolute Gasteiger partial charge is 0.330 e. The van der Waals surface area contributed by atoms with Crippen LogP contribution in [0, 0.1) is 5.92 Å². The van der Waals surface area contributed by atoms with Crippen molar-refractivity contribution in [1.29, 1.82) is 0 Å². The van der Waals surface area contributed by atoms with Crippen molar-refractivity contribution in [2.24, 2.45) is 11.7 Å². The van der Waals surface area contributed by atoms with E-state index >= 15 is 0 Å². The first-order valence-electron chi connectivity index (χ1n) is 7.02. The zero-order valence-corrected chi connectivity index (χ0v) is 12.4. The molecule has 1 aliphatic heterocycles. The fourth-order valence-corrected chi connectivity index (χ4v) is 3.42. The van der Waals surface area contributed by atoms with Crippen molar-refractivity contribution in [3.8, 4) is 0 Å². The number of aryl methyl sites for hydroxylation is 1. The number of likely N-dealkylation sites (N-methyl/N-ethyl adjacent to an activating group) is 1. The van der Waals surface area contributed by atoms with E-state index in [1.165, 1.54) is 36.6 Å². The van der Waals surface area contributed by atoms with E-state index in [-0.39, 0.29) is 0 Å². The van der Waals surface area contributed by atoms with Crippen LogP contribution >= 0.6 is 11.3 Å². The lowest BCUT2D eigenvalue weighted by molar-refractivity contribution is 0.248. The Morgan fingerprint density at radius 3 is 3.17 bits per heavy atom. The third-order valence-electron chi connectivity index (χ3n) is 3.87. The fraction of sp³-hybridized carbons (Fsp3) is 0.786. The van der Waals surface area contributed by atoms with Gasteiger partial charge in [0, 0.05) is 17.8 Å². The third-order valence-corrected chi connectivity index (χ3v) is 4.79. The summed E-state index contributed by atoms with van der Waals surface area (Å²) in [5.74, 6) is 1.26. The number of hydrogen-bond acceptors (Lipinski definition) is 4. The van der Waals surface area contributed by atoms with Crippen molar-refractivity contribution in [1.82, 2.24) is 9.88 Å². The van der Waals surface area contributed by atoms with Gasteiger partial charge in [-0.2, -0.15) is 0 Å². The molecule has 1 fully saturated rings. The second kappa shape index (κ2) is 6.64. The minimum absolute atomic E-state index is 0.609. The van der Waals surface area contributed by atoms with Crippen LogP contribution < -0.4 is 5.73 Å². The van der Waals surface area contributed by atoms with E-state index in [9.17, 15) is 0 Å². The Balaban J connectivity index is 1.89. The molecule has 2 rings (SSSR count). The van der Waals surface area contributed by atoms with Gasteiger partial charge in [0.05, 0.1) is 10.7 Å². The first-order chi connectivity index (χ1) is 8.69. The monoisotopic (exact) mass is 267 g/mol. The van der Waals surface area contributed by atoms with Crippen LogP contribution in [0.2, 0.25) is 0 Å². The number of hydrogen-bond donors (Lipinski definition) is 1. The van der Waals surface area contributed by atoms with Gasteiger partial charge in [0.25, 0.3) is 0 Å². The molecule has 0 bridgehead atoms. The van der Waals surface area contributed by atoms with Gasteiger partial charge < -0.3 is 10.6 Å². The van der Waals surface area contributed by atoms with Crippen LogP contribution in [0.3, 0.4) is 0 Å². The molecule has 0 spiro atoms. The summed E-state index contributed by atoms with van der Waals surface area (Å²) in [6.45, 7) is 5.40. The smallest absolute Gasteiger partial charge is 0.0928 e. The van der Waals surface area contributed by atoms with E-state index in [1.54, 1.807) is 0 Å². The molecule has 0 radical (unpaired) electrons. The van der Waals surface area contributed by atoms with Crippen LogP contribution in [0.1, 0.15) is 42.8 Å². The van der Waals surface area contributed by atoms with Gasteiger partial charge in [-0.1, -0.05) is 6.92 Å². The van der Waals surface area contributed by atoms with Crippen molar-refractivity contribution in [3.05, 3.63) is 16.1 Å². The van der Waals surface area contributed by atoms with Crippen molar-refractivity contribution >= 4 is 11.3 Å².